The number of rotatable bonds is 3. The predicted octanol–water partition coefficient (Wildman–Crippen LogP) is 1.50. The number of thioether (sulfide) groups is 1. The Morgan fingerprint density at radius 2 is 2.33 bits per heavy atom. The summed E-state index contributed by atoms with van der Waals surface area (Å²) < 4.78 is 0. The molecular formula is C8H11NO2S. The number of aromatic hydroxyl groups is 1. The third kappa shape index (κ3) is 2.14. The summed E-state index contributed by atoms with van der Waals surface area (Å²) in [5, 5.41) is 9.40. The average molecular weight is 185 g/mol. The first kappa shape index (κ1) is 9.38. The Morgan fingerprint density at radius 3 is 2.83 bits per heavy atom. The molecule has 0 fully saturated rings. The van der Waals surface area contributed by atoms with Gasteiger partial charge in [0, 0.05) is 10.5 Å². The molecule has 0 saturated carbocycles. The molecule has 0 spiro atoms. The van der Waals surface area contributed by atoms with E-state index < -0.39 is 0 Å². The molecule has 1 aromatic rings. The summed E-state index contributed by atoms with van der Waals surface area (Å²) in [7, 11) is 0. The van der Waals surface area contributed by atoms with E-state index in [9.17, 15) is 5.11 Å². The average Bonchev–Trinajstić information content (AvgIpc) is 2.09. The van der Waals surface area contributed by atoms with Gasteiger partial charge in [0.05, 0.1) is 6.61 Å². The summed E-state index contributed by atoms with van der Waals surface area (Å²) in [4.78, 5) is 5.44. The maximum atomic E-state index is 9.40. The molecule has 0 heterocycles. The fourth-order valence-electron chi connectivity index (χ4n) is 0.882. The molecule has 4 heteroatoms. The number of benzene rings is 1. The van der Waals surface area contributed by atoms with Gasteiger partial charge in [-0.05, 0) is 18.4 Å². The van der Waals surface area contributed by atoms with Crippen molar-refractivity contribution in [3.8, 4) is 5.75 Å². The fourth-order valence-corrected chi connectivity index (χ4v) is 1.32. The van der Waals surface area contributed by atoms with Crippen LogP contribution in [0.4, 0.5) is 0 Å². The molecule has 0 unspecified atom stereocenters. The van der Waals surface area contributed by atoms with Crippen molar-refractivity contribution in [3.05, 3.63) is 23.8 Å². The molecule has 0 bridgehead atoms. The Morgan fingerprint density at radius 1 is 1.58 bits per heavy atom. The SMILES string of the molecule is CSc1ccc(CON)c(O)c1. The molecule has 0 aromatic heterocycles. The van der Waals surface area contributed by atoms with Crippen LogP contribution in [0.1, 0.15) is 5.56 Å². The molecule has 0 aliphatic rings. The van der Waals surface area contributed by atoms with E-state index >= 15 is 0 Å². The smallest absolute Gasteiger partial charge is 0.122 e. The maximum Gasteiger partial charge on any atom is 0.122 e. The lowest BCUT2D eigenvalue weighted by Gasteiger charge is -2.03. The zero-order valence-corrected chi connectivity index (χ0v) is 7.60. The summed E-state index contributed by atoms with van der Waals surface area (Å²) in [6.45, 7) is 0.237. The van der Waals surface area contributed by atoms with E-state index in [1.54, 1.807) is 23.9 Å². The summed E-state index contributed by atoms with van der Waals surface area (Å²) in [6, 6.07) is 5.41. The highest BCUT2D eigenvalue weighted by Gasteiger charge is 2.01. The van der Waals surface area contributed by atoms with Gasteiger partial charge < -0.3 is 5.11 Å². The Bertz CT molecular complexity index is 265. The number of hydrogen-bond acceptors (Lipinski definition) is 4. The molecule has 0 amide bonds. The largest absolute Gasteiger partial charge is 0.508 e. The quantitative estimate of drug-likeness (QED) is 0.553. The minimum Gasteiger partial charge on any atom is -0.508 e. The standard InChI is InChI=1S/C8H11NO2S/c1-12-7-3-2-6(5-11-9)8(10)4-7/h2-4,10H,5,9H2,1H3. The van der Waals surface area contributed by atoms with Gasteiger partial charge in [-0.3, -0.25) is 4.84 Å². The molecule has 0 saturated heterocycles. The van der Waals surface area contributed by atoms with Crippen molar-refractivity contribution in [3.63, 3.8) is 0 Å². The maximum absolute atomic E-state index is 9.40. The number of hydrogen-bond donors (Lipinski definition) is 2. The van der Waals surface area contributed by atoms with E-state index in [0.717, 1.165) is 4.90 Å². The van der Waals surface area contributed by atoms with Crippen LogP contribution in [-0.4, -0.2) is 11.4 Å². The van der Waals surface area contributed by atoms with Crippen molar-refractivity contribution < 1.29 is 9.94 Å². The van der Waals surface area contributed by atoms with Crippen molar-refractivity contribution in [1.82, 2.24) is 0 Å². The van der Waals surface area contributed by atoms with Gasteiger partial charge in [0.15, 0.2) is 0 Å². The number of phenols is 1. The molecule has 66 valence electrons. The van der Waals surface area contributed by atoms with Crippen molar-refractivity contribution in [2.45, 2.75) is 11.5 Å². The van der Waals surface area contributed by atoms with Crippen LogP contribution in [0.3, 0.4) is 0 Å². The fraction of sp³-hybridized carbons (Fsp3) is 0.250. The molecule has 0 atom stereocenters. The minimum absolute atomic E-state index is 0.229. The van der Waals surface area contributed by atoms with Gasteiger partial charge in [0.2, 0.25) is 0 Å². The molecule has 0 aliphatic carbocycles. The number of phenolic OH excluding ortho intramolecular Hbond substituents is 1. The lowest BCUT2D eigenvalue weighted by Crippen LogP contribution is -1.98. The molecule has 1 rings (SSSR count). The Balaban J connectivity index is 2.87. The van der Waals surface area contributed by atoms with Crippen LogP contribution in [0.2, 0.25) is 0 Å². The van der Waals surface area contributed by atoms with Crippen molar-refractivity contribution >= 4 is 11.8 Å². The normalized spacial score (nSPS) is 10.2. The summed E-state index contributed by atoms with van der Waals surface area (Å²) >= 11 is 1.58. The van der Waals surface area contributed by atoms with E-state index in [0.29, 0.717) is 5.56 Å². The monoisotopic (exact) mass is 185 g/mol. The number of nitrogens with two attached hydrogens (primary N) is 1. The van der Waals surface area contributed by atoms with Gasteiger partial charge >= 0.3 is 0 Å². The van der Waals surface area contributed by atoms with Crippen LogP contribution in [0.15, 0.2) is 23.1 Å². The first-order valence-corrected chi connectivity index (χ1v) is 4.68. The molecule has 12 heavy (non-hydrogen) atoms. The van der Waals surface area contributed by atoms with Crippen LogP contribution in [0, 0.1) is 0 Å². The van der Waals surface area contributed by atoms with Gasteiger partial charge in [-0.1, -0.05) is 6.07 Å². The van der Waals surface area contributed by atoms with Gasteiger partial charge in [0.25, 0.3) is 0 Å². The molecule has 3 nitrogen and oxygen atoms in total. The molecule has 0 aliphatic heterocycles. The zero-order valence-electron chi connectivity index (χ0n) is 6.78. The molecular weight excluding hydrogens is 174 g/mol. The zero-order chi connectivity index (χ0) is 8.97. The molecule has 0 radical (unpaired) electrons. The van der Waals surface area contributed by atoms with Gasteiger partial charge in [-0.25, -0.2) is 5.90 Å². The van der Waals surface area contributed by atoms with Crippen LogP contribution in [0.25, 0.3) is 0 Å². The second-order valence-electron chi connectivity index (χ2n) is 2.31. The van der Waals surface area contributed by atoms with Crippen LogP contribution in [-0.2, 0) is 11.4 Å². The summed E-state index contributed by atoms with van der Waals surface area (Å²) in [5.41, 5.74) is 0.704. The Labute approximate surface area is 75.5 Å². The van der Waals surface area contributed by atoms with Crippen LogP contribution in [0.5, 0.6) is 5.75 Å². The third-order valence-corrected chi connectivity index (χ3v) is 2.26. The Hall–Kier alpha value is -0.710. The van der Waals surface area contributed by atoms with E-state index in [2.05, 4.69) is 4.84 Å². The van der Waals surface area contributed by atoms with Crippen LogP contribution >= 0.6 is 11.8 Å². The highest BCUT2D eigenvalue weighted by atomic mass is 32.2. The van der Waals surface area contributed by atoms with Crippen molar-refractivity contribution in [2.24, 2.45) is 5.90 Å². The predicted molar refractivity (Wildman–Crippen MR) is 48.9 cm³/mol. The van der Waals surface area contributed by atoms with Gasteiger partial charge in [0.1, 0.15) is 5.75 Å². The highest BCUT2D eigenvalue weighted by molar-refractivity contribution is 7.98. The van der Waals surface area contributed by atoms with Gasteiger partial charge in [-0.15, -0.1) is 11.8 Å². The van der Waals surface area contributed by atoms with Crippen molar-refractivity contribution in [1.29, 1.82) is 0 Å². The first-order valence-electron chi connectivity index (χ1n) is 3.45. The van der Waals surface area contributed by atoms with Crippen LogP contribution < -0.4 is 5.90 Å². The van der Waals surface area contributed by atoms with Crippen molar-refractivity contribution in [2.75, 3.05) is 6.26 Å². The lowest BCUT2D eigenvalue weighted by molar-refractivity contribution is 0.122. The highest BCUT2D eigenvalue weighted by Crippen LogP contribution is 2.24. The van der Waals surface area contributed by atoms with E-state index in [1.807, 2.05) is 12.3 Å². The topological polar surface area (TPSA) is 55.5 Å². The van der Waals surface area contributed by atoms with Gasteiger partial charge in [-0.2, -0.15) is 0 Å². The van der Waals surface area contributed by atoms with E-state index in [4.69, 9.17) is 5.90 Å². The Kier molecular flexibility index (Phi) is 3.40. The second kappa shape index (κ2) is 4.35. The summed E-state index contributed by atoms with van der Waals surface area (Å²) in [6.07, 6.45) is 1.95. The third-order valence-electron chi connectivity index (χ3n) is 1.53. The summed E-state index contributed by atoms with van der Waals surface area (Å²) in [5.74, 6) is 5.11. The van der Waals surface area contributed by atoms with E-state index in [1.165, 1.54) is 0 Å². The first-order chi connectivity index (χ1) is 5.77. The van der Waals surface area contributed by atoms with E-state index in [-0.39, 0.29) is 12.4 Å². The molecule has 3 N–H and O–H groups in total. The minimum atomic E-state index is 0.229. The second-order valence-corrected chi connectivity index (χ2v) is 3.19. The lowest BCUT2D eigenvalue weighted by atomic mass is 10.2. The molecule has 1 aromatic carbocycles.